The van der Waals surface area contributed by atoms with Gasteiger partial charge in [0.05, 0.1) is 23.6 Å². The number of rotatable bonds is 5. The zero-order valence-electron chi connectivity index (χ0n) is 14.8. The smallest absolute Gasteiger partial charge is 0.268 e. The van der Waals surface area contributed by atoms with Gasteiger partial charge in [0.25, 0.3) is 11.8 Å². The molecule has 4 rings (SSSR count). The van der Waals surface area contributed by atoms with Gasteiger partial charge in [-0.3, -0.25) is 4.98 Å². The van der Waals surface area contributed by atoms with Crippen molar-refractivity contribution in [3.8, 4) is 34.4 Å². The molecule has 0 atom stereocenters. The van der Waals surface area contributed by atoms with Gasteiger partial charge in [-0.15, -0.1) is 21.5 Å². The molecule has 4 aromatic rings. The van der Waals surface area contributed by atoms with Crippen molar-refractivity contribution in [1.29, 1.82) is 0 Å². The van der Waals surface area contributed by atoms with Crippen LogP contribution < -0.4 is 0 Å². The van der Waals surface area contributed by atoms with Crippen molar-refractivity contribution in [2.75, 3.05) is 14.1 Å². The van der Waals surface area contributed by atoms with Crippen LogP contribution in [0.5, 0.6) is 0 Å². The van der Waals surface area contributed by atoms with Gasteiger partial charge in [-0.25, -0.2) is 9.97 Å². The first kappa shape index (κ1) is 17.0. The largest absolute Gasteiger partial charge is 0.413 e. The minimum absolute atomic E-state index is 0.310. The van der Waals surface area contributed by atoms with Gasteiger partial charge in [0, 0.05) is 30.7 Å². The van der Waals surface area contributed by atoms with Crippen molar-refractivity contribution in [3.63, 3.8) is 0 Å². The summed E-state index contributed by atoms with van der Waals surface area (Å²) in [5, 5.41) is 9.94. The van der Waals surface area contributed by atoms with Crippen LogP contribution in [0, 0.1) is 0 Å². The Bertz CT molecular complexity index is 1070. The lowest BCUT2D eigenvalue weighted by atomic mass is 10.1. The van der Waals surface area contributed by atoms with Crippen molar-refractivity contribution in [2.24, 2.45) is 0 Å². The third-order valence-electron chi connectivity index (χ3n) is 3.98. The summed E-state index contributed by atoms with van der Waals surface area (Å²) >= 11 is 1.47. The van der Waals surface area contributed by atoms with E-state index in [1.165, 1.54) is 11.3 Å². The maximum atomic E-state index is 5.68. The lowest BCUT2D eigenvalue weighted by Crippen LogP contribution is -2.08. The fourth-order valence-electron chi connectivity index (χ4n) is 2.45. The van der Waals surface area contributed by atoms with E-state index in [1.807, 2.05) is 48.6 Å². The van der Waals surface area contributed by atoms with Crippen molar-refractivity contribution in [3.05, 3.63) is 59.7 Å². The maximum Gasteiger partial charge on any atom is 0.268 e. The van der Waals surface area contributed by atoms with Gasteiger partial charge >= 0.3 is 0 Å². The zero-order chi connectivity index (χ0) is 18.8. The predicted octanol–water partition coefficient (Wildman–Crippen LogP) is 3.85. The van der Waals surface area contributed by atoms with E-state index < -0.39 is 0 Å². The van der Waals surface area contributed by atoms with Crippen molar-refractivity contribution < 1.29 is 4.42 Å². The average molecular weight is 376 g/mol. The third kappa shape index (κ3) is 3.47. The van der Waals surface area contributed by atoms with Crippen LogP contribution in [-0.4, -0.2) is 44.1 Å². The Morgan fingerprint density at radius 3 is 2.37 bits per heavy atom. The highest BCUT2D eigenvalue weighted by atomic mass is 32.1. The van der Waals surface area contributed by atoms with Crippen molar-refractivity contribution >= 4 is 17.0 Å². The summed E-state index contributed by atoms with van der Waals surface area (Å²) in [6.45, 7) is 4.07. The van der Waals surface area contributed by atoms with Crippen molar-refractivity contribution in [1.82, 2.24) is 30.0 Å². The van der Waals surface area contributed by atoms with E-state index in [0.29, 0.717) is 23.2 Å². The van der Waals surface area contributed by atoms with E-state index in [-0.39, 0.29) is 0 Å². The summed E-state index contributed by atoms with van der Waals surface area (Å²) in [5.41, 5.74) is 6.55. The number of benzene rings is 1. The second-order valence-corrected chi connectivity index (χ2v) is 6.71. The second-order valence-electron chi connectivity index (χ2n) is 5.99. The van der Waals surface area contributed by atoms with E-state index in [4.69, 9.17) is 4.42 Å². The molecule has 134 valence electrons. The first-order valence-electron chi connectivity index (χ1n) is 8.13. The third-order valence-corrected chi connectivity index (χ3v) is 4.57. The number of aromatic nitrogens is 5. The number of hydrogen-bond acceptors (Lipinski definition) is 8. The Labute approximate surface area is 160 Å². The van der Waals surface area contributed by atoms with Crippen LogP contribution in [0.15, 0.2) is 58.5 Å². The Morgan fingerprint density at radius 2 is 1.70 bits per heavy atom. The highest BCUT2D eigenvalue weighted by Crippen LogP contribution is 2.25. The molecule has 0 aliphatic carbocycles. The summed E-state index contributed by atoms with van der Waals surface area (Å²) in [6, 6.07) is 8.01. The molecule has 0 aliphatic heterocycles. The van der Waals surface area contributed by atoms with E-state index in [9.17, 15) is 0 Å². The molecule has 0 fully saturated rings. The van der Waals surface area contributed by atoms with Crippen molar-refractivity contribution in [2.45, 2.75) is 0 Å². The summed E-state index contributed by atoms with van der Waals surface area (Å²) in [7, 11) is 3.94. The Hall–Kier alpha value is -3.39. The molecule has 0 unspecified atom stereocenters. The molecule has 7 nitrogen and oxygen atoms in total. The molecule has 0 bridgehead atoms. The monoisotopic (exact) mass is 376 g/mol. The number of hydrogen-bond donors (Lipinski definition) is 0. The Kier molecular flexibility index (Phi) is 4.47. The van der Waals surface area contributed by atoms with Crippen LogP contribution in [0.2, 0.25) is 0 Å². The quantitative estimate of drug-likeness (QED) is 0.523. The molecular weight excluding hydrogens is 360 g/mol. The maximum absolute atomic E-state index is 5.68. The molecule has 8 heteroatoms. The second kappa shape index (κ2) is 7.08. The molecule has 3 heterocycles. The lowest BCUT2D eigenvalue weighted by Gasteiger charge is -2.15. The van der Waals surface area contributed by atoms with Crippen LogP contribution in [0.1, 0.15) is 5.56 Å². The van der Waals surface area contributed by atoms with Crippen LogP contribution >= 0.6 is 11.3 Å². The molecule has 27 heavy (non-hydrogen) atoms. The first-order valence-corrected chi connectivity index (χ1v) is 9.07. The predicted molar refractivity (Wildman–Crippen MR) is 105 cm³/mol. The van der Waals surface area contributed by atoms with Gasteiger partial charge < -0.3 is 9.32 Å². The van der Waals surface area contributed by atoms with Crippen LogP contribution in [-0.2, 0) is 0 Å². The molecule has 0 radical (unpaired) electrons. The Balaban J connectivity index is 1.62. The molecule has 0 spiro atoms. The van der Waals surface area contributed by atoms with E-state index in [0.717, 1.165) is 22.5 Å². The molecule has 0 saturated heterocycles. The highest BCUT2D eigenvalue weighted by molar-refractivity contribution is 7.07. The fourth-order valence-corrected chi connectivity index (χ4v) is 2.97. The molecule has 3 aromatic heterocycles. The molecule has 0 N–H and O–H groups in total. The lowest BCUT2D eigenvalue weighted by molar-refractivity contribution is 0.580. The molecule has 0 amide bonds. The molecular formula is C19H16N6OS. The number of nitrogens with zero attached hydrogens (tertiary/aromatic N) is 6. The molecule has 0 aliphatic rings. The summed E-state index contributed by atoms with van der Waals surface area (Å²) in [4.78, 5) is 15.0. The van der Waals surface area contributed by atoms with Gasteiger partial charge in [-0.2, -0.15) is 0 Å². The van der Waals surface area contributed by atoms with Crippen LogP contribution in [0.4, 0.5) is 0 Å². The summed E-state index contributed by atoms with van der Waals surface area (Å²) < 4.78 is 5.68. The average Bonchev–Trinajstić information content (AvgIpc) is 3.39. The SMILES string of the molecule is C=C(c1ccc(-c2cncc(-c3nnc(-c4cscn4)o3)n2)cc1)N(C)C. The van der Waals surface area contributed by atoms with E-state index in [1.54, 1.807) is 17.9 Å². The molecule has 0 saturated carbocycles. The van der Waals surface area contributed by atoms with Gasteiger partial charge in [-0.05, 0) is 5.56 Å². The van der Waals surface area contributed by atoms with Gasteiger partial charge in [0.15, 0.2) is 0 Å². The minimum atomic E-state index is 0.310. The van der Waals surface area contributed by atoms with Crippen LogP contribution in [0.3, 0.4) is 0 Å². The Morgan fingerprint density at radius 1 is 1.00 bits per heavy atom. The number of thiazole rings is 1. The zero-order valence-corrected chi connectivity index (χ0v) is 15.6. The summed E-state index contributed by atoms with van der Waals surface area (Å²) in [6.07, 6.45) is 3.31. The van der Waals surface area contributed by atoms with Gasteiger partial charge in [-0.1, -0.05) is 30.8 Å². The standard InChI is InChI=1S/C19H16N6OS/c1-12(25(2)3)13-4-6-14(7-5-13)15-8-20-9-16(22-15)18-23-24-19(26-18)17-10-27-11-21-17/h4-11H,1H2,2-3H3. The fraction of sp³-hybridized carbons (Fsp3) is 0.105. The van der Waals surface area contributed by atoms with E-state index >= 15 is 0 Å². The first-order chi connectivity index (χ1) is 13.1. The van der Waals surface area contributed by atoms with E-state index in [2.05, 4.69) is 31.7 Å². The highest BCUT2D eigenvalue weighted by Gasteiger charge is 2.14. The normalized spacial score (nSPS) is 10.7. The molecule has 1 aromatic carbocycles. The van der Waals surface area contributed by atoms with Gasteiger partial charge in [0.1, 0.15) is 11.4 Å². The van der Waals surface area contributed by atoms with Gasteiger partial charge in [0.2, 0.25) is 0 Å². The minimum Gasteiger partial charge on any atom is -0.413 e. The summed E-state index contributed by atoms with van der Waals surface area (Å²) in [5.74, 6) is 0.676. The van der Waals surface area contributed by atoms with Crippen LogP contribution in [0.25, 0.3) is 40.1 Å². The topological polar surface area (TPSA) is 80.8 Å².